The number of thiophene rings is 1. The summed E-state index contributed by atoms with van der Waals surface area (Å²) in [5, 5.41) is 5.36. The number of nitrogens with one attached hydrogen (secondary N) is 1. The van der Waals surface area contributed by atoms with Crippen molar-refractivity contribution in [2.24, 2.45) is 0 Å². The lowest BCUT2D eigenvalue weighted by molar-refractivity contribution is -0.135. The monoisotopic (exact) mass is 529 g/mol. The van der Waals surface area contributed by atoms with Gasteiger partial charge in [0.25, 0.3) is 0 Å². The first kappa shape index (κ1) is 26.0. The van der Waals surface area contributed by atoms with Gasteiger partial charge in [0.05, 0.1) is 6.04 Å². The molecule has 2 heterocycles. The highest BCUT2D eigenvalue weighted by Crippen LogP contribution is 2.34. The molecule has 2 aromatic carbocycles. The molecule has 3 aromatic rings. The number of anilines is 1. The maximum atomic E-state index is 14.2. The molecule has 0 saturated carbocycles. The number of halogens is 2. The van der Waals surface area contributed by atoms with Crippen LogP contribution in [0.5, 0.6) is 5.75 Å². The van der Waals surface area contributed by atoms with Gasteiger partial charge in [0.1, 0.15) is 13.2 Å². The van der Waals surface area contributed by atoms with Crippen molar-refractivity contribution in [1.82, 2.24) is 9.80 Å². The van der Waals surface area contributed by atoms with Crippen molar-refractivity contribution >= 4 is 40.6 Å². The van der Waals surface area contributed by atoms with E-state index in [1.54, 1.807) is 63.6 Å². The fourth-order valence-corrected chi connectivity index (χ4v) is 5.37. The van der Waals surface area contributed by atoms with Gasteiger partial charge in [-0.25, -0.2) is 9.18 Å². The van der Waals surface area contributed by atoms with Crippen LogP contribution < -0.4 is 10.1 Å². The predicted octanol–water partition coefficient (Wildman–Crippen LogP) is 6.38. The molecule has 2 atom stereocenters. The minimum atomic E-state index is -0.447. The number of nitrogens with zero attached hydrogens (tertiary/aromatic N) is 2. The number of ether oxygens (including phenoxy) is 1. The summed E-state index contributed by atoms with van der Waals surface area (Å²) in [6.07, 6.45) is 1.41. The fourth-order valence-electron chi connectivity index (χ4n) is 4.25. The van der Waals surface area contributed by atoms with Gasteiger partial charge in [-0.05, 0) is 67.1 Å². The van der Waals surface area contributed by atoms with Gasteiger partial charge in [-0.15, -0.1) is 11.3 Å². The van der Waals surface area contributed by atoms with E-state index in [1.807, 2.05) is 25.3 Å². The zero-order valence-corrected chi connectivity index (χ0v) is 21.8. The topological polar surface area (TPSA) is 61.9 Å². The Hall–Kier alpha value is -3.10. The second-order valence-corrected chi connectivity index (χ2v) is 10.2. The third kappa shape index (κ3) is 5.99. The molecule has 6 nitrogen and oxygen atoms in total. The van der Waals surface area contributed by atoms with Crippen LogP contribution in [0.25, 0.3) is 0 Å². The van der Waals surface area contributed by atoms with E-state index in [2.05, 4.69) is 5.32 Å². The molecule has 0 spiro atoms. The maximum Gasteiger partial charge on any atom is 0.322 e. The van der Waals surface area contributed by atoms with Gasteiger partial charge in [0.15, 0.2) is 11.6 Å². The zero-order valence-electron chi connectivity index (χ0n) is 20.2. The number of hydrogen-bond acceptors (Lipinski definition) is 4. The van der Waals surface area contributed by atoms with E-state index in [0.717, 1.165) is 12.0 Å². The summed E-state index contributed by atoms with van der Waals surface area (Å²) in [5.74, 6) is -0.484. The summed E-state index contributed by atoms with van der Waals surface area (Å²) >= 11 is 7.70. The molecule has 1 aliphatic heterocycles. The first-order valence-electron chi connectivity index (χ1n) is 11.9. The number of urea groups is 1. The SMILES string of the molecule is CCC(C)N(CC(=O)N1CCc2sccc2C1COc1ccccc1F)C(=O)Nc1cccc(Cl)c1. The molecule has 0 bridgehead atoms. The van der Waals surface area contributed by atoms with Gasteiger partial charge in [-0.3, -0.25) is 4.79 Å². The molecule has 1 N–H and O–H groups in total. The van der Waals surface area contributed by atoms with E-state index in [1.165, 1.54) is 10.9 Å². The second-order valence-electron chi connectivity index (χ2n) is 8.72. The minimum Gasteiger partial charge on any atom is -0.488 e. The van der Waals surface area contributed by atoms with Crippen molar-refractivity contribution in [3.05, 3.63) is 81.3 Å². The van der Waals surface area contributed by atoms with Crippen LogP contribution in [-0.2, 0) is 11.2 Å². The highest BCUT2D eigenvalue weighted by Gasteiger charge is 2.34. The van der Waals surface area contributed by atoms with E-state index in [9.17, 15) is 14.0 Å². The van der Waals surface area contributed by atoms with E-state index in [0.29, 0.717) is 23.7 Å². The van der Waals surface area contributed by atoms with Crippen LogP contribution >= 0.6 is 22.9 Å². The number of hydrogen-bond donors (Lipinski definition) is 1. The number of para-hydroxylation sites is 1. The number of amides is 3. The average molecular weight is 530 g/mol. The molecule has 2 unspecified atom stereocenters. The Morgan fingerprint density at radius 1 is 1.25 bits per heavy atom. The first-order chi connectivity index (χ1) is 17.4. The fraction of sp³-hybridized carbons (Fsp3) is 0.333. The Morgan fingerprint density at radius 3 is 2.81 bits per heavy atom. The Labute approximate surface area is 219 Å². The standard InChI is InChI=1S/C27H29ClFN3O3S/c1-3-18(2)32(27(34)30-20-8-6-7-19(28)15-20)16-26(33)31-13-11-25-21(12-14-36-25)23(31)17-35-24-10-5-4-9-22(24)29/h4-10,12,14-15,18,23H,3,11,13,16-17H2,1-2H3,(H,30,34). The van der Waals surface area contributed by atoms with Crippen molar-refractivity contribution in [2.45, 2.75) is 38.8 Å². The molecule has 3 amide bonds. The lowest BCUT2D eigenvalue weighted by Crippen LogP contribution is -2.50. The molecular formula is C27H29ClFN3O3S. The Kier molecular flexibility index (Phi) is 8.48. The van der Waals surface area contributed by atoms with Crippen LogP contribution in [0, 0.1) is 5.82 Å². The molecule has 0 saturated heterocycles. The average Bonchev–Trinajstić information content (AvgIpc) is 3.35. The highest BCUT2D eigenvalue weighted by atomic mass is 35.5. The first-order valence-corrected chi connectivity index (χ1v) is 13.2. The normalized spacial score (nSPS) is 15.7. The van der Waals surface area contributed by atoms with Crippen molar-refractivity contribution < 1.29 is 18.7 Å². The highest BCUT2D eigenvalue weighted by molar-refractivity contribution is 7.10. The Bertz CT molecular complexity index is 1220. The van der Waals surface area contributed by atoms with Crippen molar-refractivity contribution in [1.29, 1.82) is 0 Å². The van der Waals surface area contributed by atoms with Gasteiger partial charge in [-0.1, -0.05) is 36.7 Å². The number of carbonyl (C=O) groups excluding carboxylic acids is 2. The molecule has 36 heavy (non-hydrogen) atoms. The van der Waals surface area contributed by atoms with Crippen molar-refractivity contribution in [3.63, 3.8) is 0 Å². The number of rotatable bonds is 8. The van der Waals surface area contributed by atoms with E-state index in [4.69, 9.17) is 16.3 Å². The number of benzene rings is 2. The molecule has 4 rings (SSSR count). The summed E-state index contributed by atoms with van der Waals surface area (Å²) in [5.41, 5.74) is 1.57. The summed E-state index contributed by atoms with van der Waals surface area (Å²) in [6, 6.07) is 14.2. The summed E-state index contributed by atoms with van der Waals surface area (Å²) < 4.78 is 20.0. The molecule has 9 heteroatoms. The maximum absolute atomic E-state index is 14.2. The molecule has 190 valence electrons. The molecular weight excluding hydrogens is 501 g/mol. The van der Waals surface area contributed by atoms with Gasteiger partial charge in [0.2, 0.25) is 5.91 Å². The summed E-state index contributed by atoms with van der Waals surface area (Å²) in [6.45, 7) is 4.42. The van der Waals surface area contributed by atoms with E-state index < -0.39 is 5.82 Å². The number of fused-ring (bicyclic) bond motifs is 1. The van der Waals surface area contributed by atoms with Gasteiger partial charge in [0, 0.05) is 28.2 Å². The van der Waals surface area contributed by atoms with Crippen LogP contribution in [0.1, 0.15) is 36.8 Å². The van der Waals surface area contributed by atoms with Gasteiger partial charge >= 0.3 is 6.03 Å². The third-order valence-electron chi connectivity index (χ3n) is 6.41. The molecule has 0 aliphatic carbocycles. The van der Waals surface area contributed by atoms with Crippen LogP contribution in [0.2, 0.25) is 5.02 Å². The van der Waals surface area contributed by atoms with Crippen LogP contribution in [0.3, 0.4) is 0 Å². The molecule has 1 aliphatic rings. The molecule has 0 radical (unpaired) electrons. The number of carbonyl (C=O) groups is 2. The Balaban J connectivity index is 1.52. The van der Waals surface area contributed by atoms with Gasteiger partial charge in [-0.2, -0.15) is 0 Å². The smallest absolute Gasteiger partial charge is 0.322 e. The second kappa shape index (κ2) is 11.8. The quantitative estimate of drug-likeness (QED) is 0.368. The van der Waals surface area contributed by atoms with Crippen molar-refractivity contribution in [3.8, 4) is 5.75 Å². The molecule has 0 fully saturated rings. The lowest BCUT2D eigenvalue weighted by Gasteiger charge is -2.38. The third-order valence-corrected chi connectivity index (χ3v) is 7.65. The zero-order chi connectivity index (χ0) is 25.7. The van der Waals surface area contributed by atoms with Crippen molar-refractivity contribution in [2.75, 3.05) is 25.0 Å². The molecule has 1 aromatic heterocycles. The summed E-state index contributed by atoms with van der Waals surface area (Å²) in [4.78, 5) is 31.3. The largest absolute Gasteiger partial charge is 0.488 e. The predicted molar refractivity (Wildman–Crippen MR) is 141 cm³/mol. The van der Waals surface area contributed by atoms with Crippen LogP contribution in [-0.4, -0.2) is 47.5 Å². The lowest BCUT2D eigenvalue weighted by atomic mass is 10.00. The summed E-state index contributed by atoms with van der Waals surface area (Å²) in [7, 11) is 0. The minimum absolute atomic E-state index is 0.0862. The van der Waals surface area contributed by atoms with E-state index >= 15 is 0 Å². The van der Waals surface area contributed by atoms with Crippen LogP contribution in [0.4, 0.5) is 14.9 Å². The van der Waals surface area contributed by atoms with Gasteiger partial charge < -0.3 is 19.9 Å². The van der Waals surface area contributed by atoms with Crippen LogP contribution in [0.15, 0.2) is 60.0 Å². The Morgan fingerprint density at radius 2 is 2.06 bits per heavy atom. The van der Waals surface area contributed by atoms with E-state index in [-0.39, 0.29) is 42.9 Å².